The first-order chi connectivity index (χ1) is 12.3. The molecule has 0 saturated carbocycles. The van der Waals surface area contributed by atoms with Crippen molar-refractivity contribution in [2.75, 3.05) is 12.4 Å². The molecule has 1 amide bonds. The van der Waals surface area contributed by atoms with Gasteiger partial charge < -0.3 is 10.1 Å². The van der Waals surface area contributed by atoms with Crippen LogP contribution in [0.4, 0.5) is 11.4 Å². The highest BCUT2D eigenvalue weighted by Crippen LogP contribution is 2.26. The Morgan fingerprint density at radius 1 is 1.19 bits per heavy atom. The molecule has 0 unspecified atom stereocenters. The van der Waals surface area contributed by atoms with Gasteiger partial charge in [0.2, 0.25) is 0 Å². The van der Waals surface area contributed by atoms with Gasteiger partial charge in [-0.1, -0.05) is 17.7 Å². The lowest BCUT2D eigenvalue weighted by atomic mass is 10.1. The Kier molecular flexibility index (Phi) is 6.21. The Hall–Kier alpha value is -3.04. The number of non-ortho nitro benzene ring substituents is 1. The first-order valence-electron chi connectivity index (χ1n) is 7.06. The predicted molar refractivity (Wildman–Crippen MR) is 99.6 cm³/mol. The van der Waals surface area contributed by atoms with Crippen molar-refractivity contribution in [3.8, 4) is 0 Å². The molecule has 0 spiro atoms. The van der Waals surface area contributed by atoms with Crippen LogP contribution in [-0.2, 0) is 4.74 Å². The van der Waals surface area contributed by atoms with Gasteiger partial charge in [-0.2, -0.15) is 0 Å². The molecule has 0 atom stereocenters. The average Bonchev–Trinajstić information content (AvgIpc) is 2.62. The molecule has 26 heavy (non-hydrogen) atoms. The van der Waals surface area contributed by atoms with Crippen LogP contribution in [0.1, 0.15) is 20.7 Å². The highest BCUT2D eigenvalue weighted by molar-refractivity contribution is 7.80. The number of halogens is 1. The van der Waals surface area contributed by atoms with Crippen molar-refractivity contribution in [2.45, 2.75) is 0 Å². The maximum absolute atomic E-state index is 12.2. The first kappa shape index (κ1) is 19.3. The van der Waals surface area contributed by atoms with Gasteiger partial charge in [0.25, 0.3) is 11.6 Å². The van der Waals surface area contributed by atoms with Gasteiger partial charge in [0.15, 0.2) is 5.11 Å². The van der Waals surface area contributed by atoms with Crippen molar-refractivity contribution in [1.29, 1.82) is 0 Å². The number of esters is 1. The molecule has 0 radical (unpaired) electrons. The summed E-state index contributed by atoms with van der Waals surface area (Å²) in [6, 6.07) is 9.69. The van der Waals surface area contributed by atoms with Crippen molar-refractivity contribution in [3.05, 3.63) is 68.7 Å². The van der Waals surface area contributed by atoms with Crippen molar-refractivity contribution >= 4 is 52.2 Å². The number of amides is 1. The number of hydrogen-bond donors (Lipinski definition) is 2. The van der Waals surface area contributed by atoms with E-state index in [0.717, 1.165) is 6.07 Å². The second-order valence-electron chi connectivity index (χ2n) is 4.90. The number of carbonyl (C=O) groups excluding carboxylic acids is 2. The molecule has 134 valence electrons. The molecule has 10 heteroatoms. The minimum atomic E-state index is -0.579. The molecule has 0 aliphatic carbocycles. The lowest BCUT2D eigenvalue weighted by Crippen LogP contribution is -2.34. The number of ether oxygens (including phenoxy) is 1. The van der Waals surface area contributed by atoms with E-state index in [9.17, 15) is 19.7 Å². The number of methoxy groups -OCH3 is 1. The quantitative estimate of drug-likeness (QED) is 0.355. The Bertz CT molecular complexity index is 903. The van der Waals surface area contributed by atoms with E-state index in [1.807, 2.05) is 0 Å². The molecule has 0 heterocycles. The fourth-order valence-corrected chi connectivity index (χ4v) is 2.38. The van der Waals surface area contributed by atoms with Crippen LogP contribution in [0, 0.1) is 10.1 Å². The summed E-state index contributed by atoms with van der Waals surface area (Å²) in [4.78, 5) is 33.9. The summed E-state index contributed by atoms with van der Waals surface area (Å²) in [6.45, 7) is 0. The van der Waals surface area contributed by atoms with Crippen LogP contribution < -0.4 is 10.6 Å². The first-order valence-corrected chi connectivity index (χ1v) is 7.85. The van der Waals surface area contributed by atoms with E-state index in [1.165, 1.54) is 43.5 Å². The SMILES string of the molecule is COC(=O)c1cccc(C(=O)NC(=S)Nc2ccc([N+](=O)[O-])cc2Cl)c1. The molecule has 2 N–H and O–H groups in total. The Labute approximate surface area is 158 Å². The van der Waals surface area contributed by atoms with Gasteiger partial charge in [-0.15, -0.1) is 0 Å². The zero-order valence-corrected chi connectivity index (χ0v) is 14.9. The number of benzene rings is 2. The normalized spacial score (nSPS) is 9.92. The summed E-state index contributed by atoms with van der Waals surface area (Å²) < 4.78 is 4.60. The van der Waals surface area contributed by atoms with Gasteiger partial charge in [-0.25, -0.2) is 4.79 Å². The molecule has 0 saturated heterocycles. The highest BCUT2D eigenvalue weighted by atomic mass is 35.5. The predicted octanol–water partition coefficient (Wildman–Crippen LogP) is 3.16. The van der Waals surface area contributed by atoms with Gasteiger partial charge in [0.1, 0.15) is 0 Å². The van der Waals surface area contributed by atoms with E-state index < -0.39 is 16.8 Å². The highest BCUT2D eigenvalue weighted by Gasteiger charge is 2.14. The van der Waals surface area contributed by atoms with Crippen LogP contribution in [-0.4, -0.2) is 29.0 Å². The lowest BCUT2D eigenvalue weighted by molar-refractivity contribution is -0.384. The minimum Gasteiger partial charge on any atom is -0.465 e. The molecule has 2 rings (SSSR count). The minimum absolute atomic E-state index is 0.0609. The Balaban J connectivity index is 2.07. The molecule has 0 aromatic heterocycles. The third kappa shape index (κ3) is 4.74. The number of nitro groups is 1. The molecule has 0 bridgehead atoms. The largest absolute Gasteiger partial charge is 0.465 e. The fourth-order valence-electron chi connectivity index (χ4n) is 1.95. The van der Waals surface area contributed by atoms with Crippen molar-refractivity contribution < 1.29 is 19.2 Å². The zero-order valence-electron chi connectivity index (χ0n) is 13.3. The van der Waals surface area contributed by atoms with Crippen LogP contribution in [0.5, 0.6) is 0 Å². The third-order valence-electron chi connectivity index (χ3n) is 3.18. The number of carbonyl (C=O) groups is 2. The monoisotopic (exact) mass is 393 g/mol. The van der Waals surface area contributed by atoms with Crippen LogP contribution in [0.15, 0.2) is 42.5 Å². The Morgan fingerprint density at radius 3 is 2.50 bits per heavy atom. The molecule has 2 aromatic carbocycles. The molecule has 0 fully saturated rings. The summed E-state index contributed by atoms with van der Waals surface area (Å²) in [6.07, 6.45) is 0. The van der Waals surface area contributed by atoms with Gasteiger partial charge in [-0.3, -0.25) is 20.2 Å². The van der Waals surface area contributed by atoms with Crippen molar-refractivity contribution in [1.82, 2.24) is 5.32 Å². The van der Waals surface area contributed by atoms with Gasteiger partial charge in [0.05, 0.1) is 28.3 Å². The van der Waals surface area contributed by atoms with Crippen LogP contribution in [0.3, 0.4) is 0 Å². The average molecular weight is 394 g/mol. The van der Waals surface area contributed by atoms with Crippen LogP contribution in [0.2, 0.25) is 5.02 Å². The summed E-state index contributed by atoms with van der Waals surface area (Å²) in [5, 5.41) is 15.8. The maximum Gasteiger partial charge on any atom is 0.337 e. The number of thiocarbonyl (C=S) groups is 1. The third-order valence-corrected chi connectivity index (χ3v) is 3.70. The number of nitro benzene ring substituents is 1. The number of hydrogen-bond acceptors (Lipinski definition) is 6. The van der Waals surface area contributed by atoms with Crippen molar-refractivity contribution in [3.63, 3.8) is 0 Å². The summed E-state index contributed by atoms with van der Waals surface area (Å²) in [5.74, 6) is -1.12. The van der Waals surface area contributed by atoms with E-state index in [0.29, 0.717) is 5.69 Å². The maximum atomic E-state index is 12.2. The molecule has 0 aliphatic heterocycles. The zero-order chi connectivity index (χ0) is 19.3. The fraction of sp³-hybridized carbons (Fsp3) is 0.0625. The molecular formula is C16H12ClN3O5S. The van der Waals surface area contributed by atoms with E-state index in [4.69, 9.17) is 23.8 Å². The summed E-state index contributed by atoms with van der Waals surface area (Å²) in [7, 11) is 1.24. The smallest absolute Gasteiger partial charge is 0.337 e. The van der Waals surface area contributed by atoms with Gasteiger partial charge in [0, 0.05) is 17.7 Å². The summed E-state index contributed by atoms with van der Waals surface area (Å²) >= 11 is 11.0. The number of anilines is 1. The van der Waals surface area contributed by atoms with Gasteiger partial charge in [-0.05, 0) is 36.5 Å². The number of nitrogens with zero attached hydrogens (tertiary/aromatic N) is 1. The number of nitrogens with one attached hydrogen (secondary N) is 2. The second-order valence-corrected chi connectivity index (χ2v) is 5.72. The lowest BCUT2D eigenvalue weighted by Gasteiger charge is -2.11. The van der Waals surface area contributed by atoms with Crippen LogP contribution >= 0.6 is 23.8 Å². The van der Waals surface area contributed by atoms with E-state index in [2.05, 4.69) is 15.4 Å². The number of rotatable bonds is 4. The molecule has 8 nitrogen and oxygen atoms in total. The van der Waals surface area contributed by atoms with E-state index in [1.54, 1.807) is 0 Å². The second kappa shape index (κ2) is 8.37. The summed E-state index contributed by atoms with van der Waals surface area (Å²) in [5.41, 5.74) is 0.547. The molecular weight excluding hydrogens is 382 g/mol. The molecule has 2 aromatic rings. The van der Waals surface area contributed by atoms with Crippen LogP contribution in [0.25, 0.3) is 0 Å². The van der Waals surface area contributed by atoms with E-state index >= 15 is 0 Å². The topological polar surface area (TPSA) is 111 Å². The Morgan fingerprint density at radius 2 is 1.88 bits per heavy atom. The standard InChI is InChI=1S/C16H12ClN3O5S/c1-25-15(22)10-4-2-3-9(7-10)14(21)19-16(26)18-13-6-5-11(20(23)24)8-12(13)17/h2-8H,1H3,(H2,18,19,21,26). The van der Waals surface area contributed by atoms with E-state index in [-0.39, 0.29) is 26.9 Å². The van der Waals surface area contributed by atoms with Gasteiger partial charge >= 0.3 is 5.97 Å². The molecule has 0 aliphatic rings. The van der Waals surface area contributed by atoms with Crippen molar-refractivity contribution in [2.24, 2.45) is 0 Å².